The van der Waals surface area contributed by atoms with Crippen molar-refractivity contribution in [3.8, 4) is 17.5 Å². The maximum atomic E-state index is 12.1. The molecule has 1 aromatic carbocycles. The number of furan rings is 1. The maximum Gasteiger partial charge on any atom is 0.515 e. The topological polar surface area (TPSA) is 115 Å². The Labute approximate surface area is 176 Å². The van der Waals surface area contributed by atoms with Gasteiger partial charge in [0.15, 0.2) is 11.6 Å². The minimum absolute atomic E-state index is 0.139. The summed E-state index contributed by atoms with van der Waals surface area (Å²) in [5, 5.41) is 1.69. The molecule has 0 radical (unpaired) electrons. The van der Waals surface area contributed by atoms with Gasteiger partial charge in [0.2, 0.25) is 5.88 Å². The summed E-state index contributed by atoms with van der Waals surface area (Å²) in [5.74, 6) is 1.41. The number of carbonyl (C=O) groups excluding carboxylic acids is 1. The Morgan fingerprint density at radius 3 is 2.71 bits per heavy atom. The largest absolute Gasteiger partial charge is 0.515 e. The summed E-state index contributed by atoms with van der Waals surface area (Å²) < 4.78 is 21.4. The van der Waals surface area contributed by atoms with E-state index in [2.05, 4.69) is 15.0 Å². The molecule has 31 heavy (non-hydrogen) atoms. The van der Waals surface area contributed by atoms with Gasteiger partial charge in [0.05, 0.1) is 47.3 Å². The highest BCUT2D eigenvalue weighted by molar-refractivity contribution is 6.20. The van der Waals surface area contributed by atoms with Gasteiger partial charge in [-0.05, 0) is 38.1 Å². The highest BCUT2D eigenvalue weighted by Gasteiger charge is 2.21. The Kier molecular flexibility index (Phi) is 4.59. The molecule has 0 aliphatic heterocycles. The first-order valence-electron chi connectivity index (χ1n) is 9.78. The van der Waals surface area contributed by atoms with Crippen LogP contribution in [0.4, 0.5) is 4.79 Å². The summed E-state index contributed by atoms with van der Waals surface area (Å²) in [4.78, 5) is 27.8. The number of aromatic nitrogens is 4. The van der Waals surface area contributed by atoms with Gasteiger partial charge in [-0.1, -0.05) is 0 Å². The Bertz CT molecular complexity index is 1400. The first-order chi connectivity index (χ1) is 15.0. The molecule has 0 aliphatic carbocycles. The van der Waals surface area contributed by atoms with Crippen LogP contribution in [0, 0.1) is 0 Å². The van der Waals surface area contributed by atoms with Gasteiger partial charge in [0.25, 0.3) is 0 Å². The molecule has 0 fully saturated rings. The van der Waals surface area contributed by atoms with Crippen LogP contribution in [0.2, 0.25) is 0 Å². The van der Waals surface area contributed by atoms with Crippen LogP contribution < -0.4 is 4.74 Å². The molecule has 0 saturated heterocycles. The second-order valence-electron chi connectivity index (χ2n) is 7.35. The molecule has 0 amide bonds. The molecule has 5 aromatic rings. The molecule has 0 saturated carbocycles. The molecule has 5 rings (SSSR count). The number of nitrogens with zero attached hydrogens (tertiary/aromatic N) is 2. The van der Waals surface area contributed by atoms with Crippen LogP contribution in [0.3, 0.4) is 0 Å². The number of methoxy groups -OCH3 is 1. The molecule has 0 spiro atoms. The Morgan fingerprint density at radius 1 is 1.13 bits per heavy atom. The number of carbonyl (C=O) groups is 1. The molecule has 9 heteroatoms. The number of pyridine rings is 1. The van der Waals surface area contributed by atoms with E-state index in [9.17, 15) is 4.79 Å². The van der Waals surface area contributed by atoms with Gasteiger partial charge in [0.1, 0.15) is 0 Å². The van der Waals surface area contributed by atoms with Gasteiger partial charge < -0.3 is 28.6 Å². The number of aromatic amines is 2. The zero-order valence-corrected chi connectivity index (χ0v) is 17.2. The standard InChI is InChI=1S/C22H20N4O5/c1-11(2)30-22(27)31-21-12(10-28-3)17-15(9-23-21)24-13-6-7-14-19(18(13)17)26-20(25-14)16-5-4-8-29-16/h4-9,11,24H,10H2,1-3H3,(H,25,26). The van der Waals surface area contributed by atoms with Crippen LogP contribution in [0.1, 0.15) is 19.4 Å². The van der Waals surface area contributed by atoms with Crippen LogP contribution in [-0.2, 0) is 16.1 Å². The summed E-state index contributed by atoms with van der Waals surface area (Å²) >= 11 is 0. The fourth-order valence-electron chi connectivity index (χ4n) is 3.68. The zero-order chi connectivity index (χ0) is 21.5. The van der Waals surface area contributed by atoms with E-state index >= 15 is 0 Å². The third-order valence-electron chi connectivity index (χ3n) is 4.87. The molecule has 0 aliphatic rings. The minimum Gasteiger partial charge on any atom is -0.461 e. The first kappa shape index (κ1) is 19.1. The number of benzene rings is 1. The number of nitrogens with one attached hydrogen (secondary N) is 2. The fourth-order valence-corrected chi connectivity index (χ4v) is 3.68. The lowest BCUT2D eigenvalue weighted by atomic mass is 10.1. The van der Waals surface area contributed by atoms with E-state index in [1.807, 2.05) is 24.3 Å². The predicted molar refractivity (Wildman–Crippen MR) is 114 cm³/mol. The van der Waals surface area contributed by atoms with Gasteiger partial charge in [-0.15, -0.1) is 0 Å². The lowest BCUT2D eigenvalue weighted by molar-refractivity contribution is 0.0705. The number of hydrogen-bond acceptors (Lipinski definition) is 7. The van der Waals surface area contributed by atoms with E-state index in [-0.39, 0.29) is 18.6 Å². The van der Waals surface area contributed by atoms with Crippen LogP contribution in [-0.4, -0.2) is 39.3 Å². The van der Waals surface area contributed by atoms with E-state index < -0.39 is 6.16 Å². The smallest absolute Gasteiger partial charge is 0.461 e. The third-order valence-corrected chi connectivity index (χ3v) is 4.87. The van der Waals surface area contributed by atoms with Gasteiger partial charge >= 0.3 is 6.16 Å². The molecule has 0 bridgehead atoms. The lowest BCUT2D eigenvalue weighted by Gasteiger charge is -2.11. The van der Waals surface area contributed by atoms with E-state index in [1.165, 1.54) is 0 Å². The molecular formula is C22H20N4O5. The Morgan fingerprint density at radius 2 is 1.97 bits per heavy atom. The number of fused-ring (bicyclic) bond motifs is 5. The molecule has 4 heterocycles. The number of ether oxygens (including phenoxy) is 3. The molecule has 0 atom stereocenters. The van der Waals surface area contributed by atoms with Crippen molar-refractivity contribution in [3.63, 3.8) is 0 Å². The molecular weight excluding hydrogens is 400 g/mol. The third kappa shape index (κ3) is 3.28. The lowest BCUT2D eigenvalue weighted by Crippen LogP contribution is -2.17. The van der Waals surface area contributed by atoms with Crippen molar-refractivity contribution < 1.29 is 23.4 Å². The number of rotatable bonds is 5. The van der Waals surface area contributed by atoms with Gasteiger partial charge in [-0.2, -0.15) is 0 Å². The van der Waals surface area contributed by atoms with Crippen LogP contribution in [0.25, 0.3) is 44.4 Å². The van der Waals surface area contributed by atoms with E-state index in [4.69, 9.17) is 23.6 Å². The summed E-state index contributed by atoms with van der Waals surface area (Å²) in [5.41, 5.74) is 3.89. The van der Waals surface area contributed by atoms with Crippen molar-refractivity contribution in [2.45, 2.75) is 26.6 Å². The molecule has 0 unspecified atom stereocenters. The monoisotopic (exact) mass is 420 g/mol. The Balaban J connectivity index is 1.75. The van der Waals surface area contributed by atoms with Crippen molar-refractivity contribution in [2.24, 2.45) is 0 Å². The van der Waals surface area contributed by atoms with Crippen LogP contribution in [0.15, 0.2) is 41.1 Å². The minimum atomic E-state index is -0.816. The van der Waals surface area contributed by atoms with Crippen molar-refractivity contribution in [1.29, 1.82) is 0 Å². The van der Waals surface area contributed by atoms with Crippen LogP contribution >= 0.6 is 0 Å². The summed E-state index contributed by atoms with van der Waals surface area (Å²) in [6.45, 7) is 3.69. The average molecular weight is 420 g/mol. The van der Waals surface area contributed by atoms with Crippen molar-refractivity contribution >= 4 is 39.0 Å². The summed E-state index contributed by atoms with van der Waals surface area (Å²) in [6.07, 6.45) is 2.10. The van der Waals surface area contributed by atoms with Crippen molar-refractivity contribution in [3.05, 3.63) is 42.3 Å². The Hall–Kier alpha value is -3.85. The van der Waals surface area contributed by atoms with E-state index in [0.717, 1.165) is 32.8 Å². The normalized spacial score (nSPS) is 11.7. The van der Waals surface area contributed by atoms with E-state index in [0.29, 0.717) is 17.1 Å². The van der Waals surface area contributed by atoms with Gasteiger partial charge in [-0.3, -0.25) is 0 Å². The SMILES string of the molecule is COCc1c(OC(=O)OC(C)C)ncc2[nH]c3ccc4[nH]c(-c5ccco5)nc4c3c12. The molecule has 4 aromatic heterocycles. The summed E-state index contributed by atoms with van der Waals surface area (Å²) in [6, 6.07) is 7.57. The quantitative estimate of drug-likeness (QED) is 0.388. The predicted octanol–water partition coefficient (Wildman–Crippen LogP) is 4.92. The molecule has 9 nitrogen and oxygen atoms in total. The molecule has 2 N–H and O–H groups in total. The maximum absolute atomic E-state index is 12.1. The van der Waals surface area contributed by atoms with Crippen molar-refractivity contribution in [1.82, 2.24) is 19.9 Å². The number of hydrogen-bond donors (Lipinski definition) is 2. The fraction of sp³-hybridized carbons (Fsp3) is 0.227. The zero-order valence-electron chi connectivity index (χ0n) is 17.2. The molecule has 158 valence electrons. The average Bonchev–Trinajstić information content (AvgIpc) is 3.46. The number of imidazole rings is 1. The second-order valence-corrected chi connectivity index (χ2v) is 7.35. The van der Waals surface area contributed by atoms with Crippen LogP contribution in [0.5, 0.6) is 5.88 Å². The number of H-pyrrole nitrogens is 2. The van der Waals surface area contributed by atoms with Crippen molar-refractivity contribution in [2.75, 3.05) is 7.11 Å². The second kappa shape index (κ2) is 7.44. The first-order valence-corrected chi connectivity index (χ1v) is 9.78. The highest BCUT2D eigenvalue weighted by Crippen LogP contribution is 2.37. The van der Waals surface area contributed by atoms with Gasteiger partial charge in [-0.25, -0.2) is 14.8 Å². The highest BCUT2D eigenvalue weighted by atomic mass is 16.7. The van der Waals surface area contributed by atoms with E-state index in [1.54, 1.807) is 33.4 Å². The summed E-state index contributed by atoms with van der Waals surface area (Å²) in [7, 11) is 1.57. The van der Waals surface area contributed by atoms with Gasteiger partial charge in [0, 0.05) is 23.4 Å².